The van der Waals surface area contributed by atoms with Crippen molar-refractivity contribution in [3.63, 3.8) is 0 Å². The molecule has 0 spiro atoms. The van der Waals surface area contributed by atoms with Gasteiger partial charge < -0.3 is 21.0 Å². The second-order valence-electron chi connectivity index (χ2n) is 4.08. The van der Waals surface area contributed by atoms with Crippen LogP contribution in [0, 0.1) is 0 Å². The highest BCUT2D eigenvalue weighted by atomic mass is 19.4. The van der Waals surface area contributed by atoms with E-state index in [1.165, 1.54) is 13.8 Å². The summed E-state index contributed by atoms with van der Waals surface area (Å²) in [6, 6.07) is 0. The van der Waals surface area contributed by atoms with Gasteiger partial charge in [-0.05, 0) is 13.8 Å². The Kier molecular flexibility index (Phi) is 5.89. The predicted octanol–water partition coefficient (Wildman–Crippen LogP) is 0.597. The number of hydrogen-bond acceptors (Lipinski definition) is 4. The molecule has 0 radical (unpaired) electrons. The van der Waals surface area contributed by atoms with Gasteiger partial charge in [-0.2, -0.15) is 13.2 Å². The lowest BCUT2D eigenvalue weighted by Gasteiger charge is -2.24. The molecule has 4 N–H and O–H groups in total. The van der Waals surface area contributed by atoms with Crippen molar-refractivity contribution in [1.29, 1.82) is 0 Å². The molecule has 0 aliphatic heterocycles. The number of carbonyl (C=O) groups excluding carboxylic acids is 1. The molecule has 0 aliphatic carbocycles. The first kappa shape index (κ1) is 16.5. The van der Waals surface area contributed by atoms with Gasteiger partial charge in [0.15, 0.2) is 5.84 Å². The third kappa shape index (κ3) is 6.94. The third-order valence-electron chi connectivity index (χ3n) is 1.94. The van der Waals surface area contributed by atoms with Gasteiger partial charge in [-0.3, -0.25) is 4.79 Å². The molecule has 0 aromatic heterocycles. The number of alkyl halides is 3. The molecular formula is C9H16F3N3O3. The molecule has 18 heavy (non-hydrogen) atoms. The van der Waals surface area contributed by atoms with Crippen molar-refractivity contribution in [1.82, 2.24) is 5.32 Å². The summed E-state index contributed by atoms with van der Waals surface area (Å²) in [7, 11) is 0. The van der Waals surface area contributed by atoms with E-state index in [2.05, 4.69) is 15.2 Å². The molecule has 9 heteroatoms. The molecule has 0 heterocycles. The number of nitrogens with zero attached hydrogens (tertiary/aromatic N) is 1. The highest BCUT2D eigenvalue weighted by Gasteiger charge is 2.28. The zero-order chi connectivity index (χ0) is 14.4. The lowest BCUT2D eigenvalue weighted by molar-refractivity contribution is -0.174. The Morgan fingerprint density at radius 3 is 2.44 bits per heavy atom. The largest absolute Gasteiger partial charge is 0.411 e. The summed E-state index contributed by atoms with van der Waals surface area (Å²) in [5.41, 5.74) is 4.23. The molecule has 0 saturated heterocycles. The maximum Gasteiger partial charge on any atom is 0.411 e. The van der Waals surface area contributed by atoms with Crippen LogP contribution in [0.2, 0.25) is 0 Å². The number of nitrogens with two attached hydrogens (primary N) is 1. The minimum atomic E-state index is -4.41. The molecule has 106 valence electrons. The van der Waals surface area contributed by atoms with Crippen LogP contribution in [0.4, 0.5) is 13.2 Å². The van der Waals surface area contributed by atoms with Crippen LogP contribution in [0.5, 0.6) is 0 Å². The number of halogens is 3. The Bertz CT molecular complexity index is 316. The Labute approximate surface area is 102 Å². The van der Waals surface area contributed by atoms with E-state index in [0.29, 0.717) is 0 Å². The first-order chi connectivity index (χ1) is 8.08. The SMILES string of the molecule is CC(C)(NC(=O)CCOCC(F)(F)F)C(N)=NO. The topological polar surface area (TPSA) is 96.9 Å². The molecular weight excluding hydrogens is 255 g/mol. The average Bonchev–Trinajstić information content (AvgIpc) is 2.21. The monoisotopic (exact) mass is 271 g/mol. The van der Waals surface area contributed by atoms with Crippen LogP contribution >= 0.6 is 0 Å². The van der Waals surface area contributed by atoms with Gasteiger partial charge in [-0.1, -0.05) is 5.16 Å². The molecule has 0 saturated carbocycles. The Balaban J connectivity index is 3.99. The quantitative estimate of drug-likeness (QED) is 0.217. The molecule has 0 unspecified atom stereocenters. The van der Waals surface area contributed by atoms with Crippen LogP contribution in [0.15, 0.2) is 5.16 Å². The maximum atomic E-state index is 11.7. The minimum Gasteiger partial charge on any atom is -0.409 e. The summed E-state index contributed by atoms with van der Waals surface area (Å²) in [6.45, 7) is 1.20. The van der Waals surface area contributed by atoms with E-state index in [1.807, 2.05) is 0 Å². The Morgan fingerprint density at radius 2 is 2.00 bits per heavy atom. The number of ether oxygens (including phenoxy) is 1. The normalized spacial score (nSPS) is 13.5. The molecule has 0 atom stereocenters. The second-order valence-corrected chi connectivity index (χ2v) is 4.08. The van der Waals surface area contributed by atoms with E-state index in [-0.39, 0.29) is 18.9 Å². The smallest absolute Gasteiger partial charge is 0.409 e. The van der Waals surface area contributed by atoms with Gasteiger partial charge in [0.2, 0.25) is 5.91 Å². The van der Waals surface area contributed by atoms with Gasteiger partial charge in [0.25, 0.3) is 0 Å². The molecule has 0 bridgehead atoms. The predicted molar refractivity (Wildman–Crippen MR) is 57.1 cm³/mol. The second kappa shape index (κ2) is 6.43. The number of rotatable bonds is 6. The Morgan fingerprint density at radius 1 is 1.44 bits per heavy atom. The number of hydrogen-bond donors (Lipinski definition) is 3. The van der Waals surface area contributed by atoms with Crippen LogP contribution in [-0.2, 0) is 9.53 Å². The maximum absolute atomic E-state index is 11.7. The average molecular weight is 271 g/mol. The van der Waals surface area contributed by atoms with Gasteiger partial charge in [0.05, 0.1) is 12.1 Å². The lowest BCUT2D eigenvalue weighted by atomic mass is 10.0. The summed E-state index contributed by atoms with van der Waals surface area (Å²) in [5, 5.41) is 13.6. The minimum absolute atomic E-state index is 0.216. The lowest BCUT2D eigenvalue weighted by Crippen LogP contribution is -2.53. The highest BCUT2D eigenvalue weighted by Crippen LogP contribution is 2.14. The summed E-state index contributed by atoms with van der Waals surface area (Å²) in [6.07, 6.45) is -4.66. The fourth-order valence-corrected chi connectivity index (χ4v) is 0.953. The number of oxime groups is 1. The van der Waals surface area contributed by atoms with E-state index < -0.39 is 24.2 Å². The van der Waals surface area contributed by atoms with Crippen molar-refractivity contribution in [2.24, 2.45) is 10.9 Å². The number of amidine groups is 1. The van der Waals surface area contributed by atoms with Crippen molar-refractivity contribution >= 4 is 11.7 Å². The first-order valence-electron chi connectivity index (χ1n) is 5.02. The molecule has 0 aromatic carbocycles. The van der Waals surface area contributed by atoms with E-state index in [0.717, 1.165) is 0 Å². The van der Waals surface area contributed by atoms with Gasteiger partial charge in [-0.15, -0.1) is 0 Å². The van der Waals surface area contributed by atoms with Crippen LogP contribution in [0.1, 0.15) is 20.3 Å². The van der Waals surface area contributed by atoms with Crippen molar-refractivity contribution in [3.05, 3.63) is 0 Å². The summed E-state index contributed by atoms with van der Waals surface area (Å²) in [5.74, 6) is -0.777. The van der Waals surface area contributed by atoms with Crippen molar-refractivity contribution in [3.8, 4) is 0 Å². The molecule has 1 amide bonds. The first-order valence-corrected chi connectivity index (χ1v) is 5.02. The third-order valence-corrected chi connectivity index (χ3v) is 1.94. The van der Waals surface area contributed by atoms with Crippen molar-refractivity contribution in [2.45, 2.75) is 32.0 Å². The highest BCUT2D eigenvalue weighted by molar-refractivity contribution is 5.93. The molecule has 0 rings (SSSR count). The van der Waals surface area contributed by atoms with E-state index in [4.69, 9.17) is 10.9 Å². The van der Waals surface area contributed by atoms with Gasteiger partial charge >= 0.3 is 6.18 Å². The van der Waals surface area contributed by atoms with Crippen LogP contribution in [0.25, 0.3) is 0 Å². The molecule has 6 nitrogen and oxygen atoms in total. The van der Waals surface area contributed by atoms with Crippen molar-refractivity contribution in [2.75, 3.05) is 13.2 Å². The van der Waals surface area contributed by atoms with E-state index >= 15 is 0 Å². The van der Waals surface area contributed by atoms with Crippen molar-refractivity contribution < 1.29 is 27.9 Å². The molecule has 0 aliphatic rings. The number of carbonyl (C=O) groups is 1. The Hall–Kier alpha value is -1.51. The molecule has 0 aromatic rings. The number of nitrogens with one attached hydrogen (secondary N) is 1. The van der Waals surface area contributed by atoms with Crippen LogP contribution in [0.3, 0.4) is 0 Å². The summed E-state index contributed by atoms with van der Waals surface area (Å²) in [4.78, 5) is 11.3. The summed E-state index contributed by atoms with van der Waals surface area (Å²) < 4.78 is 39.4. The fourth-order valence-electron chi connectivity index (χ4n) is 0.953. The van der Waals surface area contributed by atoms with E-state index in [9.17, 15) is 18.0 Å². The van der Waals surface area contributed by atoms with E-state index in [1.54, 1.807) is 0 Å². The van der Waals surface area contributed by atoms with Crippen LogP contribution < -0.4 is 11.1 Å². The van der Waals surface area contributed by atoms with Gasteiger partial charge in [0.1, 0.15) is 6.61 Å². The zero-order valence-corrected chi connectivity index (χ0v) is 10.0. The fraction of sp³-hybridized carbons (Fsp3) is 0.778. The zero-order valence-electron chi connectivity index (χ0n) is 10.0. The van der Waals surface area contributed by atoms with Crippen LogP contribution in [-0.4, -0.2) is 41.9 Å². The molecule has 0 fully saturated rings. The number of amides is 1. The summed E-state index contributed by atoms with van der Waals surface area (Å²) >= 11 is 0. The van der Waals surface area contributed by atoms with Gasteiger partial charge in [-0.25, -0.2) is 0 Å². The van der Waals surface area contributed by atoms with Gasteiger partial charge in [0, 0.05) is 6.42 Å². The standard InChI is InChI=1S/C9H16F3N3O3/c1-8(2,7(13)15-17)14-6(16)3-4-18-5-9(10,11)12/h17H,3-5H2,1-2H3,(H2,13,15)(H,14,16).